The number of hydrogen-bond donors (Lipinski definition) is 1. The number of rotatable bonds is 10. The number of benzene rings is 3. The molecule has 8 nitrogen and oxygen atoms in total. The fourth-order valence-corrected chi connectivity index (χ4v) is 8.77. The largest absolute Gasteiger partial charge is 0.378 e. The zero-order valence-corrected chi connectivity index (χ0v) is 25.5. The van der Waals surface area contributed by atoms with Crippen LogP contribution in [0.1, 0.15) is 54.4 Å². The van der Waals surface area contributed by atoms with Crippen molar-refractivity contribution >= 4 is 31.5 Å². The molecule has 2 fully saturated rings. The summed E-state index contributed by atoms with van der Waals surface area (Å²) >= 11 is 0. The second-order valence-electron chi connectivity index (χ2n) is 11.2. The van der Waals surface area contributed by atoms with Crippen LogP contribution in [0.4, 0.5) is 5.69 Å². The van der Waals surface area contributed by atoms with Crippen molar-refractivity contribution in [2.75, 3.05) is 38.0 Å². The minimum Gasteiger partial charge on any atom is -0.378 e. The molecule has 0 radical (unpaired) electrons. The molecule has 0 spiro atoms. The summed E-state index contributed by atoms with van der Waals surface area (Å²) in [5, 5.41) is 3.04. The molecule has 0 amide bonds. The van der Waals surface area contributed by atoms with Crippen LogP contribution in [0, 0.1) is 5.92 Å². The summed E-state index contributed by atoms with van der Waals surface area (Å²) in [5.41, 5.74) is 2.21. The molecule has 0 saturated carbocycles. The van der Waals surface area contributed by atoms with Crippen molar-refractivity contribution in [1.82, 2.24) is 8.61 Å². The third kappa shape index (κ3) is 7.29. The maximum atomic E-state index is 13.3. The van der Waals surface area contributed by atoms with E-state index in [0.717, 1.165) is 44.9 Å². The Bertz CT molecular complexity index is 1560. The van der Waals surface area contributed by atoms with Crippen LogP contribution < -0.4 is 5.32 Å². The Labute approximate surface area is 249 Å². The second kappa shape index (κ2) is 13.5. The van der Waals surface area contributed by atoms with Gasteiger partial charge in [-0.15, -0.1) is 0 Å². The van der Waals surface area contributed by atoms with E-state index in [2.05, 4.69) is 17.4 Å². The van der Waals surface area contributed by atoms with Crippen molar-refractivity contribution in [1.29, 1.82) is 0 Å². The van der Waals surface area contributed by atoms with Gasteiger partial charge in [0.25, 0.3) is 0 Å². The third-order valence-electron chi connectivity index (χ3n) is 8.24. The van der Waals surface area contributed by atoms with E-state index in [1.807, 2.05) is 18.2 Å². The number of nitrogens with zero attached hydrogens (tertiary/aromatic N) is 2. The molecule has 3 aromatic rings. The predicted molar refractivity (Wildman–Crippen MR) is 165 cm³/mol. The molecular formula is C32H39N3O5S2. The summed E-state index contributed by atoms with van der Waals surface area (Å²) in [6.45, 7) is 1.95. The molecule has 2 aliphatic heterocycles. The van der Waals surface area contributed by atoms with Gasteiger partial charge in [-0.1, -0.05) is 55.3 Å². The van der Waals surface area contributed by atoms with Crippen LogP contribution in [-0.2, 0) is 26.5 Å². The lowest BCUT2D eigenvalue weighted by molar-refractivity contribution is 0.101. The highest BCUT2D eigenvalue weighted by Gasteiger charge is 2.29. The Hall–Kier alpha value is -3.05. The van der Waals surface area contributed by atoms with E-state index < -0.39 is 20.0 Å². The third-order valence-corrected chi connectivity index (χ3v) is 12.1. The number of piperidine rings is 1. The molecule has 2 saturated heterocycles. The molecule has 0 bridgehead atoms. The fourth-order valence-electron chi connectivity index (χ4n) is 5.74. The van der Waals surface area contributed by atoms with Crippen molar-refractivity contribution in [3.05, 3.63) is 90.0 Å². The van der Waals surface area contributed by atoms with Crippen molar-refractivity contribution in [3.8, 4) is 0 Å². The molecule has 2 aliphatic rings. The van der Waals surface area contributed by atoms with Crippen LogP contribution in [-0.4, -0.2) is 64.0 Å². The van der Waals surface area contributed by atoms with Gasteiger partial charge in [-0.25, -0.2) is 16.8 Å². The van der Waals surface area contributed by atoms with Gasteiger partial charge >= 0.3 is 0 Å². The summed E-state index contributed by atoms with van der Waals surface area (Å²) < 4.78 is 55.9. The van der Waals surface area contributed by atoms with Crippen molar-refractivity contribution in [2.45, 2.75) is 54.7 Å². The highest BCUT2D eigenvalue weighted by molar-refractivity contribution is 7.89. The van der Waals surface area contributed by atoms with E-state index in [4.69, 9.17) is 0 Å². The molecule has 0 aliphatic carbocycles. The monoisotopic (exact) mass is 609 g/mol. The van der Waals surface area contributed by atoms with E-state index in [9.17, 15) is 21.6 Å². The van der Waals surface area contributed by atoms with Gasteiger partial charge in [0.05, 0.1) is 16.3 Å². The summed E-state index contributed by atoms with van der Waals surface area (Å²) in [4.78, 5) is 13.3. The minimum atomic E-state index is -3.65. The zero-order chi connectivity index (χ0) is 29.6. The first-order chi connectivity index (χ1) is 20.2. The number of hydrogen-bond acceptors (Lipinski definition) is 6. The minimum absolute atomic E-state index is 0.0474. The Balaban J connectivity index is 1.16. The van der Waals surface area contributed by atoms with Gasteiger partial charge in [0.2, 0.25) is 20.0 Å². The lowest BCUT2D eigenvalue weighted by Crippen LogP contribution is -2.38. The predicted octanol–water partition coefficient (Wildman–Crippen LogP) is 5.19. The van der Waals surface area contributed by atoms with Crippen molar-refractivity contribution < 1.29 is 21.6 Å². The van der Waals surface area contributed by atoms with Gasteiger partial charge in [-0.2, -0.15) is 8.61 Å². The number of anilines is 1. The number of carbonyl (C=O) groups excluding carboxylic acids is 1. The van der Waals surface area contributed by atoms with E-state index >= 15 is 0 Å². The van der Waals surface area contributed by atoms with E-state index in [1.165, 1.54) is 22.0 Å². The molecular weight excluding hydrogens is 571 g/mol. The fraction of sp³-hybridized carbons (Fsp3) is 0.406. The molecule has 0 unspecified atom stereocenters. The topological polar surface area (TPSA) is 104 Å². The molecule has 224 valence electrons. The summed E-state index contributed by atoms with van der Waals surface area (Å²) in [5.74, 6) is 0.219. The molecule has 42 heavy (non-hydrogen) atoms. The Kier molecular flexibility index (Phi) is 9.77. The van der Waals surface area contributed by atoms with Gasteiger partial charge in [-0.3, -0.25) is 4.79 Å². The first-order valence-electron chi connectivity index (χ1n) is 14.7. The average molecular weight is 610 g/mol. The van der Waals surface area contributed by atoms with Gasteiger partial charge in [0.1, 0.15) is 0 Å². The molecule has 1 N–H and O–H groups in total. The molecule has 10 heteroatoms. The van der Waals surface area contributed by atoms with Crippen molar-refractivity contribution in [2.24, 2.45) is 5.92 Å². The van der Waals surface area contributed by atoms with Gasteiger partial charge < -0.3 is 5.32 Å². The smallest absolute Gasteiger partial charge is 0.243 e. The summed E-state index contributed by atoms with van der Waals surface area (Å²) in [6.07, 6.45) is 6.36. The van der Waals surface area contributed by atoms with Gasteiger partial charge in [0.15, 0.2) is 5.78 Å². The Morgan fingerprint density at radius 2 is 1.31 bits per heavy atom. The number of sulfonamides is 2. The molecule has 2 heterocycles. The number of Topliss-reactive ketones (excluding diaryl/α,β-unsaturated/α-hetero) is 1. The molecule has 5 rings (SSSR count). The molecule has 3 aromatic carbocycles. The second-order valence-corrected chi connectivity index (χ2v) is 15.1. The number of carbonyl (C=O) groups is 1. The summed E-state index contributed by atoms with van der Waals surface area (Å²) in [7, 11) is -7.26. The van der Waals surface area contributed by atoms with Gasteiger partial charge in [0, 0.05) is 37.4 Å². The van der Waals surface area contributed by atoms with Crippen LogP contribution in [0.2, 0.25) is 0 Å². The van der Waals surface area contributed by atoms with Crippen LogP contribution in [0.15, 0.2) is 88.7 Å². The van der Waals surface area contributed by atoms with E-state index in [1.54, 1.807) is 40.7 Å². The van der Waals surface area contributed by atoms with Crippen LogP contribution in [0.3, 0.4) is 0 Å². The number of nitrogens with one attached hydrogen (secondary N) is 1. The van der Waals surface area contributed by atoms with Crippen LogP contribution in [0.5, 0.6) is 0 Å². The summed E-state index contributed by atoms with van der Waals surface area (Å²) in [6, 6.07) is 22.9. The van der Waals surface area contributed by atoms with E-state index in [-0.39, 0.29) is 22.1 Å². The van der Waals surface area contributed by atoms with Gasteiger partial charge in [-0.05, 0) is 80.0 Å². The number of ketones is 1. The normalized spacial score (nSPS) is 17.9. The molecule has 0 atom stereocenters. The Morgan fingerprint density at radius 1 is 0.690 bits per heavy atom. The highest BCUT2D eigenvalue weighted by Crippen LogP contribution is 2.27. The van der Waals surface area contributed by atoms with E-state index in [0.29, 0.717) is 43.3 Å². The maximum Gasteiger partial charge on any atom is 0.243 e. The average Bonchev–Trinajstić information content (AvgIpc) is 3.32. The molecule has 0 aromatic heterocycles. The zero-order valence-electron chi connectivity index (χ0n) is 23.8. The first-order valence-corrected chi connectivity index (χ1v) is 17.6. The Morgan fingerprint density at radius 3 is 1.98 bits per heavy atom. The standard InChI is InChI=1S/C32H39N3O5S2/c36-32(28-11-8-12-31(24-28)42(39,40)34-19-6-1-2-7-20-34)25-33-29-13-15-30(16-14-29)41(37,38)35-21-17-27(18-22-35)23-26-9-4-3-5-10-26/h3-5,8-16,24,27,33H,1-2,6-7,17-23,25H2. The van der Waals surface area contributed by atoms with Crippen LogP contribution >= 0.6 is 0 Å². The SMILES string of the molecule is O=C(CNc1ccc(S(=O)(=O)N2CCC(Cc3ccccc3)CC2)cc1)c1cccc(S(=O)(=O)N2CCCCCC2)c1. The van der Waals surface area contributed by atoms with Crippen molar-refractivity contribution in [3.63, 3.8) is 0 Å². The quantitative estimate of drug-likeness (QED) is 0.318. The lowest BCUT2D eigenvalue weighted by atomic mass is 9.91. The van der Waals surface area contributed by atoms with Crippen LogP contribution in [0.25, 0.3) is 0 Å². The first kappa shape index (κ1) is 30.4. The highest BCUT2D eigenvalue weighted by atomic mass is 32.2. The maximum absolute atomic E-state index is 13.3. The lowest BCUT2D eigenvalue weighted by Gasteiger charge is -2.31.